The molecule has 0 radical (unpaired) electrons. The fourth-order valence-corrected chi connectivity index (χ4v) is 7.66. The van der Waals surface area contributed by atoms with E-state index in [-0.39, 0.29) is 0 Å². The zero-order valence-electron chi connectivity index (χ0n) is 29.7. The maximum atomic E-state index is 5.40. The maximum absolute atomic E-state index is 5.40. The molecule has 0 saturated heterocycles. The first kappa shape index (κ1) is 32.5. The molecule has 0 aliphatic heterocycles. The van der Waals surface area contributed by atoms with Gasteiger partial charge in [0.25, 0.3) is 0 Å². The van der Waals surface area contributed by atoms with Crippen molar-refractivity contribution in [3.63, 3.8) is 0 Å². The Morgan fingerprint density at radius 1 is 0.882 bits per heavy atom. The van der Waals surface area contributed by atoms with E-state index >= 15 is 0 Å². The molecule has 8 rings (SSSR count). The van der Waals surface area contributed by atoms with Gasteiger partial charge in [0.15, 0.2) is 0 Å². The van der Waals surface area contributed by atoms with Gasteiger partial charge in [-0.25, -0.2) is 4.98 Å². The van der Waals surface area contributed by atoms with Crippen molar-refractivity contribution in [2.45, 2.75) is 52.9 Å². The molecule has 3 aromatic carbocycles. The van der Waals surface area contributed by atoms with E-state index in [0.29, 0.717) is 5.92 Å². The highest BCUT2D eigenvalue weighted by Crippen LogP contribution is 2.42. The predicted octanol–water partition coefficient (Wildman–Crippen LogP) is 12.1. The third kappa shape index (κ3) is 6.05. The molecule has 250 valence electrons. The van der Waals surface area contributed by atoms with Gasteiger partial charge < -0.3 is 0 Å². The van der Waals surface area contributed by atoms with Crippen molar-refractivity contribution in [2.24, 2.45) is 5.92 Å². The van der Waals surface area contributed by atoms with Gasteiger partial charge in [-0.05, 0) is 119 Å². The van der Waals surface area contributed by atoms with E-state index in [4.69, 9.17) is 9.97 Å². The average Bonchev–Trinajstić information content (AvgIpc) is 3.17. The molecule has 51 heavy (non-hydrogen) atoms. The van der Waals surface area contributed by atoms with Crippen molar-refractivity contribution in [3.8, 4) is 11.3 Å². The lowest BCUT2D eigenvalue weighted by Gasteiger charge is -2.22. The van der Waals surface area contributed by atoms with E-state index in [1.807, 2.05) is 36.8 Å². The number of pyridine rings is 4. The summed E-state index contributed by atoms with van der Waals surface area (Å²) in [6, 6.07) is 23.5. The number of allylic oxidation sites excluding steroid dienone is 5. The predicted molar refractivity (Wildman–Crippen MR) is 217 cm³/mol. The zero-order chi connectivity index (χ0) is 34.9. The van der Waals surface area contributed by atoms with Gasteiger partial charge >= 0.3 is 0 Å². The van der Waals surface area contributed by atoms with Crippen LogP contribution in [0.5, 0.6) is 0 Å². The molecule has 0 fully saturated rings. The monoisotopic (exact) mass is 662 g/mol. The summed E-state index contributed by atoms with van der Waals surface area (Å²) in [5, 5.41) is 7.29. The molecule has 1 aliphatic carbocycles. The molecular weight excluding hydrogens is 621 g/mol. The van der Waals surface area contributed by atoms with Gasteiger partial charge in [-0.2, -0.15) is 0 Å². The molecule has 0 saturated carbocycles. The van der Waals surface area contributed by atoms with Crippen molar-refractivity contribution in [1.82, 2.24) is 19.9 Å². The molecule has 0 atom stereocenters. The Hall–Kier alpha value is -5.74. The Balaban J connectivity index is 1.11. The van der Waals surface area contributed by atoms with Crippen LogP contribution in [0.25, 0.3) is 72.3 Å². The molecule has 4 heterocycles. The summed E-state index contributed by atoms with van der Waals surface area (Å²) in [5.41, 5.74) is 12.3. The second kappa shape index (κ2) is 13.9. The lowest BCUT2D eigenvalue weighted by molar-refractivity contribution is 0.836. The lowest BCUT2D eigenvalue weighted by atomic mass is 9.83. The number of hydrogen-bond donors (Lipinski definition) is 0. The van der Waals surface area contributed by atoms with E-state index in [1.54, 1.807) is 0 Å². The minimum Gasteiger partial charge on any atom is -0.256 e. The fraction of sp³-hybridized carbons (Fsp3) is 0.191. The Morgan fingerprint density at radius 3 is 2.49 bits per heavy atom. The highest BCUT2D eigenvalue weighted by Gasteiger charge is 2.22. The maximum Gasteiger partial charge on any atom is 0.0971 e. The van der Waals surface area contributed by atoms with Crippen LogP contribution in [0.2, 0.25) is 0 Å². The highest BCUT2D eigenvalue weighted by atomic mass is 14.7. The highest BCUT2D eigenvalue weighted by molar-refractivity contribution is 6.18. The molecule has 0 amide bonds. The molecular formula is C47H42N4. The summed E-state index contributed by atoms with van der Waals surface area (Å²) in [4.78, 5) is 19.6. The number of aryl methyl sites for hydroxylation is 3. The Labute approximate surface area is 300 Å². The average molecular weight is 663 g/mol. The van der Waals surface area contributed by atoms with Gasteiger partial charge in [-0.15, -0.1) is 0 Å². The molecule has 0 spiro atoms. The molecule has 4 nitrogen and oxygen atoms in total. The molecule has 4 aromatic heterocycles. The van der Waals surface area contributed by atoms with E-state index < -0.39 is 0 Å². The van der Waals surface area contributed by atoms with Gasteiger partial charge in [0.05, 0.1) is 28.1 Å². The number of nitrogens with zero attached hydrogens (tertiary/aromatic N) is 4. The van der Waals surface area contributed by atoms with Gasteiger partial charge in [0.2, 0.25) is 0 Å². The number of benzene rings is 3. The topological polar surface area (TPSA) is 51.6 Å². The first-order valence-corrected chi connectivity index (χ1v) is 18.1. The second-order valence-corrected chi connectivity index (χ2v) is 13.9. The van der Waals surface area contributed by atoms with Crippen LogP contribution in [-0.2, 0) is 12.8 Å². The zero-order valence-corrected chi connectivity index (χ0v) is 29.7. The van der Waals surface area contributed by atoms with Crippen LogP contribution in [0, 0.1) is 12.8 Å². The van der Waals surface area contributed by atoms with Gasteiger partial charge in [0, 0.05) is 40.3 Å². The number of fused-ring (bicyclic) bond motifs is 9. The third-order valence-electron chi connectivity index (χ3n) is 10.2. The lowest BCUT2D eigenvalue weighted by Crippen LogP contribution is -2.05. The second-order valence-electron chi connectivity index (χ2n) is 13.9. The number of rotatable bonds is 9. The molecule has 0 unspecified atom stereocenters. The molecule has 7 aromatic rings. The quantitative estimate of drug-likeness (QED) is 0.0877. The summed E-state index contributed by atoms with van der Waals surface area (Å²) in [6.45, 7) is 11.0. The number of hydrogen-bond acceptors (Lipinski definition) is 4. The van der Waals surface area contributed by atoms with E-state index in [9.17, 15) is 0 Å². The Morgan fingerprint density at radius 2 is 1.69 bits per heavy atom. The minimum absolute atomic E-state index is 0.443. The molecule has 4 heteroatoms. The Bertz CT molecular complexity index is 2550. The van der Waals surface area contributed by atoms with E-state index in [2.05, 4.69) is 122 Å². The van der Waals surface area contributed by atoms with Crippen LogP contribution in [-0.4, -0.2) is 19.9 Å². The third-order valence-corrected chi connectivity index (χ3v) is 10.2. The first-order chi connectivity index (χ1) is 25.0. The van der Waals surface area contributed by atoms with E-state index in [0.717, 1.165) is 82.1 Å². The SMILES string of the molecule is C=C/C(=C\CCCc1ccc(-c2cc3cccnc3c3ncccc23)nc1)c1nc(/C=C\C(C)C)c(C)c2c3c(c4ccccc4c12)C=CCC3. The van der Waals surface area contributed by atoms with Crippen molar-refractivity contribution < 1.29 is 0 Å². The molecule has 0 bridgehead atoms. The van der Waals surface area contributed by atoms with E-state index in [1.165, 1.54) is 43.8 Å². The van der Waals surface area contributed by atoms with Crippen molar-refractivity contribution in [2.75, 3.05) is 0 Å². The largest absolute Gasteiger partial charge is 0.256 e. The van der Waals surface area contributed by atoms with Crippen LogP contribution in [0.3, 0.4) is 0 Å². The Kier molecular flexibility index (Phi) is 8.83. The summed E-state index contributed by atoms with van der Waals surface area (Å²) in [6.07, 6.45) is 24.1. The number of aromatic nitrogens is 4. The van der Waals surface area contributed by atoms with Gasteiger partial charge in [-0.1, -0.05) is 93.3 Å². The number of unbranched alkanes of at least 4 members (excludes halogenated alkanes) is 1. The van der Waals surface area contributed by atoms with Crippen molar-refractivity contribution >= 4 is 61.1 Å². The van der Waals surface area contributed by atoms with Crippen LogP contribution >= 0.6 is 0 Å². The van der Waals surface area contributed by atoms with Crippen LogP contribution in [0.4, 0.5) is 0 Å². The smallest absolute Gasteiger partial charge is 0.0971 e. The van der Waals surface area contributed by atoms with Gasteiger partial charge in [0.1, 0.15) is 0 Å². The summed E-state index contributed by atoms with van der Waals surface area (Å²) in [5.74, 6) is 0.443. The van der Waals surface area contributed by atoms with Crippen LogP contribution in [0.1, 0.15) is 66.8 Å². The van der Waals surface area contributed by atoms with Crippen molar-refractivity contribution in [3.05, 3.63) is 150 Å². The molecule has 0 N–H and O–H groups in total. The van der Waals surface area contributed by atoms with Crippen LogP contribution < -0.4 is 0 Å². The minimum atomic E-state index is 0.443. The summed E-state index contributed by atoms with van der Waals surface area (Å²) < 4.78 is 0. The van der Waals surface area contributed by atoms with Gasteiger partial charge in [-0.3, -0.25) is 15.0 Å². The first-order valence-electron chi connectivity index (χ1n) is 18.1. The van der Waals surface area contributed by atoms with Crippen LogP contribution in [0.15, 0.2) is 116 Å². The van der Waals surface area contributed by atoms with Crippen molar-refractivity contribution in [1.29, 1.82) is 0 Å². The summed E-state index contributed by atoms with van der Waals surface area (Å²) in [7, 11) is 0. The normalized spacial score (nSPS) is 13.3. The fourth-order valence-electron chi connectivity index (χ4n) is 7.66. The molecule has 1 aliphatic rings. The standard InChI is InChI=1S/C47H42N4/c1-5-33(15-7-6-14-32-23-25-42(50-29-32)40-28-34-16-12-26-48-46(34)47-39(40)21-13-27-49-47)45-44-38-20-11-9-18-36(38)35-17-8-10-19-37(35)43(44)31(4)41(51-45)24-22-30(2)3/h5,8-9,11-13,15-18,20-30H,1,6-7,10,14,19H2,2-4H3/b24-22-,33-15+. The summed E-state index contributed by atoms with van der Waals surface area (Å²) >= 11 is 0.